The Hall–Kier alpha value is -0.930. The average molecular weight is 164 g/mol. The van der Waals surface area contributed by atoms with Crippen LogP contribution in [0.2, 0.25) is 0 Å². The zero-order valence-electron chi connectivity index (χ0n) is 6.86. The van der Waals surface area contributed by atoms with Crippen molar-refractivity contribution >= 4 is 0 Å². The van der Waals surface area contributed by atoms with Gasteiger partial charge in [0.05, 0.1) is 19.3 Å². The zero-order valence-corrected chi connectivity index (χ0v) is 6.86. The summed E-state index contributed by atoms with van der Waals surface area (Å²) >= 11 is 0. The van der Waals surface area contributed by atoms with Gasteiger partial charge in [-0.2, -0.15) is 0 Å². The topological polar surface area (TPSA) is 34.1 Å². The molecule has 1 saturated heterocycles. The van der Waals surface area contributed by atoms with Crippen LogP contribution in [0.5, 0.6) is 0 Å². The van der Waals surface area contributed by atoms with Gasteiger partial charge in [0.15, 0.2) is 0 Å². The first-order chi connectivity index (χ1) is 5.97. The molecule has 0 aliphatic carbocycles. The minimum Gasteiger partial charge on any atom is -0.378 e. The number of pyridine rings is 1. The third-order valence-corrected chi connectivity index (χ3v) is 2.01. The Labute approximate surface area is 71.8 Å². The summed E-state index contributed by atoms with van der Waals surface area (Å²) in [4.78, 5) is 4.06. The lowest BCUT2D eigenvalue weighted by Crippen LogP contribution is -2.34. The van der Waals surface area contributed by atoms with Gasteiger partial charge in [-0.05, 0) is 11.6 Å². The minimum absolute atomic E-state index is 0.326. The smallest absolute Gasteiger partial charge is 0.0662 e. The summed E-state index contributed by atoms with van der Waals surface area (Å²) < 4.78 is 5.35. The van der Waals surface area contributed by atoms with Gasteiger partial charge in [0, 0.05) is 18.9 Å². The summed E-state index contributed by atoms with van der Waals surface area (Å²) in [6, 6.07) is 4.35. The number of nitrogens with one attached hydrogen (secondary N) is 1. The Morgan fingerprint density at radius 1 is 1.58 bits per heavy atom. The van der Waals surface area contributed by atoms with E-state index in [2.05, 4.69) is 16.4 Å². The van der Waals surface area contributed by atoms with E-state index in [9.17, 15) is 0 Å². The molecule has 1 fully saturated rings. The van der Waals surface area contributed by atoms with Crippen molar-refractivity contribution in [1.82, 2.24) is 10.3 Å². The van der Waals surface area contributed by atoms with Gasteiger partial charge in [0.1, 0.15) is 0 Å². The van der Waals surface area contributed by atoms with Crippen LogP contribution in [0.15, 0.2) is 24.5 Å². The van der Waals surface area contributed by atoms with Crippen molar-refractivity contribution < 1.29 is 4.74 Å². The lowest BCUT2D eigenvalue weighted by Gasteiger charge is -2.23. The summed E-state index contributed by atoms with van der Waals surface area (Å²) in [5, 5.41) is 3.37. The molecule has 1 N–H and O–H groups in total. The Balaban J connectivity index is 2.08. The highest BCUT2D eigenvalue weighted by Crippen LogP contribution is 2.13. The quantitative estimate of drug-likeness (QED) is 0.664. The van der Waals surface area contributed by atoms with Crippen molar-refractivity contribution in [3.8, 4) is 0 Å². The molecule has 0 unspecified atom stereocenters. The van der Waals surface area contributed by atoms with Crippen LogP contribution in [-0.4, -0.2) is 24.7 Å². The summed E-state index contributed by atoms with van der Waals surface area (Å²) in [6.07, 6.45) is 3.67. The predicted octanol–water partition coefficient (Wildman–Crippen LogP) is 0.743. The second-order valence-corrected chi connectivity index (χ2v) is 2.87. The molecule has 0 spiro atoms. The van der Waals surface area contributed by atoms with Crippen LogP contribution in [0.4, 0.5) is 0 Å². The van der Waals surface area contributed by atoms with E-state index in [1.807, 2.05) is 12.3 Å². The number of ether oxygens (including phenoxy) is 1. The Morgan fingerprint density at radius 3 is 3.25 bits per heavy atom. The van der Waals surface area contributed by atoms with Gasteiger partial charge in [-0.25, -0.2) is 0 Å². The molecular formula is C9H12N2O. The lowest BCUT2D eigenvalue weighted by atomic mass is 10.1. The van der Waals surface area contributed by atoms with Crippen molar-refractivity contribution in [1.29, 1.82) is 0 Å². The van der Waals surface area contributed by atoms with Crippen LogP contribution in [0.25, 0.3) is 0 Å². The van der Waals surface area contributed by atoms with Crippen LogP contribution in [-0.2, 0) is 4.74 Å². The third-order valence-electron chi connectivity index (χ3n) is 2.01. The van der Waals surface area contributed by atoms with Crippen molar-refractivity contribution in [2.24, 2.45) is 0 Å². The maximum absolute atomic E-state index is 5.35. The molecule has 0 radical (unpaired) electrons. The fourth-order valence-electron chi connectivity index (χ4n) is 1.36. The number of nitrogens with zero attached hydrogens (tertiary/aromatic N) is 1. The fourth-order valence-corrected chi connectivity index (χ4v) is 1.36. The van der Waals surface area contributed by atoms with E-state index in [4.69, 9.17) is 4.74 Å². The van der Waals surface area contributed by atoms with Gasteiger partial charge in [-0.15, -0.1) is 0 Å². The summed E-state index contributed by atoms with van der Waals surface area (Å²) in [5.74, 6) is 0. The highest BCUT2D eigenvalue weighted by atomic mass is 16.5. The molecular weight excluding hydrogens is 152 g/mol. The van der Waals surface area contributed by atoms with Gasteiger partial charge in [-0.3, -0.25) is 4.98 Å². The molecule has 3 nitrogen and oxygen atoms in total. The molecule has 0 saturated carbocycles. The largest absolute Gasteiger partial charge is 0.378 e. The highest BCUT2D eigenvalue weighted by Gasteiger charge is 2.14. The zero-order chi connectivity index (χ0) is 8.23. The van der Waals surface area contributed by atoms with Crippen molar-refractivity contribution in [2.75, 3.05) is 19.8 Å². The van der Waals surface area contributed by atoms with Crippen molar-refractivity contribution in [3.63, 3.8) is 0 Å². The number of aromatic nitrogens is 1. The van der Waals surface area contributed by atoms with Gasteiger partial charge >= 0.3 is 0 Å². The molecule has 2 rings (SSSR count). The molecule has 0 bridgehead atoms. The Kier molecular flexibility index (Phi) is 2.34. The standard InChI is InChI=1S/C9H12N2O/c1-2-8(6-10-3-1)9-7-12-5-4-11-9/h1-3,6,9,11H,4-5,7H2/t9-/m0/s1. The molecule has 12 heavy (non-hydrogen) atoms. The summed E-state index contributed by atoms with van der Waals surface area (Å²) in [6.45, 7) is 2.50. The maximum atomic E-state index is 5.35. The summed E-state index contributed by atoms with van der Waals surface area (Å²) in [7, 11) is 0. The van der Waals surface area contributed by atoms with E-state index in [1.54, 1.807) is 6.20 Å². The number of morpholine rings is 1. The first-order valence-electron chi connectivity index (χ1n) is 4.18. The minimum atomic E-state index is 0.326. The maximum Gasteiger partial charge on any atom is 0.0662 e. The van der Waals surface area contributed by atoms with Crippen molar-refractivity contribution in [2.45, 2.75) is 6.04 Å². The van der Waals surface area contributed by atoms with Crippen LogP contribution in [0.1, 0.15) is 11.6 Å². The lowest BCUT2D eigenvalue weighted by molar-refractivity contribution is 0.0768. The van der Waals surface area contributed by atoms with Crippen LogP contribution in [0, 0.1) is 0 Å². The van der Waals surface area contributed by atoms with E-state index in [1.165, 1.54) is 5.56 Å². The van der Waals surface area contributed by atoms with E-state index in [-0.39, 0.29) is 0 Å². The second kappa shape index (κ2) is 3.65. The van der Waals surface area contributed by atoms with Crippen LogP contribution < -0.4 is 5.32 Å². The monoisotopic (exact) mass is 164 g/mol. The molecule has 1 aliphatic rings. The van der Waals surface area contributed by atoms with Gasteiger partial charge in [-0.1, -0.05) is 6.07 Å². The molecule has 3 heteroatoms. The molecule has 0 amide bonds. The van der Waals surface area contributed by atoms with E-state index in [0.29, 0.717) is 6.04 Å². The average Bonchev–Trinajstić information content (AvgIpc) is 2.21. The normalized spacial score (nSPS) is 23.8. The molecule has 2 heterocycles. The summed E-state index contributed by atoms with van der Waals surface area (Å²) in [5.41, 5.74) is 1.21. The Morgan fingerprint density at radius 2 is 2.58 bits per heavy atom. The number of hydrogen-bond acceptors (Lipinski definition) is 3. The van der Waals surface area contributed by atoms with Crippen LogP contribution >= 0.6 is 0 Å². The second-order valence-electron chi connectivity index (χ2n) is 2.87. The van der Waals surface area contributed by atoms with E-state index in [0.717, 1.165) is 19.8 Å². The third kappa shape index (κ3) is 1.62. The molecule has 1 atom stereocenters. The van der Waals surface area contributed by atoms with Gasteiger partial charge in [0.25, 0.3) is 0 Å². The fraction of sp³-hybridized carbons (Fsp3) is 0.444. The molecule has 1 aromatic rings. The number of hydrogen-bond donors (Lipinski definition) is 1. The first kappa shape index (κ1) is 7.71. The Bertz CT molecular complexity index is 232. The molecule has 64 valence electrons. The molecule has 1 aromatic heterocycles. The highest BCUT2D eigenvalue weighted by molar-refractivity contribution is 5.14. The SMILES string of the molecule is c1cncc([C@@H]2COCCN2)c1. The molecule has 1 aliphatic heterocycles. The van der Waals surface area contributed by atoms with Crippen molar-refractivity contribution in [3.05, 3.63) is 30.1 Å². The van der Waals surface area contributed by atoms with Gasteiger partial charge in [0.2, 0.25) is 0 Å². The predicted molar refractivity (Wildman–Crippen MR) is 45.8 cm³/mol. The van der Waals surface area contributed by atoms with Gasteiger partial charge < -0.3 is 10.1 Å². The van der Waals surface area contributed by atoms with E-state index < -0.39 is 0 Å². The number of rotatable bonds is 1. The molecule has 0 aromatic carbocycles. The van der Waals surface area contributed by atoms with Crippen LogP contribution in [0.3, 0.4) is 0 Å². The first-order valence-corrected chi connectivity index (χ1v) is 4.18. The van der Waals surface area contributed by atoms with E-state index >= 15 is 0 Å².